The third-order valence-corrected chi connectivity index (χ3v) is 3.99. The summed E-state index contributed by atoms with van der Waals surface area (Å²) in [5, 5.41) is 3.33. The molecule has 1 atom stereocenters. The largest absolute Gasteiger partial charge is 0.497 e. The monoisotopic (exact) mass is 340 g/mol. The average molecular weight is 340 g/mol. The SMILES string of the molecule is CCOc1ccc(OC)cc1OC(Cc1ccccc1)C1=NCCN1. The summed E-state index contributed by atoms with van der Waals surface area (Å²) in [6.07, 6.45) is 0.534. The van der Waals surface area contributed by atoms with E-state index in [0.29, 0.717) is 18.1 Å². The van der Waals surface area contributed by atoms with Crippen LogP contribution in [-0.4, -0.2) is 38.7 Å². The molecular formula is C20H24N2O3. The smallest absolute Gasteiger partial charge is 0.165 e. The molecule has 25 heavy (non-hydrogen) atoms. The molecular weight excluding hydrogens is 316 g/mol. The molecule has 5 nitrogen and oxygen atoms in total. The van der Waals surface area contributed by atoms with E-state index >= 15 is 0 Å². The molecule has 132 valence electrons. The van der Waals surface area contributed by atoms with Crippen molar-refractivity contribution < 1.29 is 14.2 Å². The predicted molar refractivity (Wildman–Crippen MR) is 99.0 cm³/mol. The van der Waals surface area contributed by atoms with Crippen LogP contribution in [0, 0.1) is 0 Å². The maximum absolute atomic E-state index is 6.33. The van der Waals surface area contributed by atoms with Crippen molar-refractivity contribution in [3.8, 4) is 17.2 Å². The summed E-state index contributed by atoms with van der Waals surface area (Å²) in [6.45, 7) is 4.16. The third-order valence-electron chi connectivity index (χ3n) is 3.99. The van der Waals surface area contributed by atoms with E-state index in [2.05, 4.69) is 22.4 Å². The van der Waals surface area contributed by atoms with Gasteiger partial charge in [0, 0.05) is 19.0 Å². The number of rotatable bonds is 8. The number of aliphatic imine (C=N–C) groups is 1. The first-order chi connectivity index (χ1) is 12.3. The second-order valence-corrected chi connectivity index (χ2v) is 5.74. The van der Waals surface area contributed by atoms with Crippen LogP contribution in [0.4, 0.5) is 0 Å². The Morgan fingerprint density at radius 1 is 1.12 bits per heavy atom. The standard InChI is InChI=1S/C20H24N2O3/c1-3-24-17-10-9-16(23-2)14-18(17)25-19(20-21-11-12-22-20)13-15-7-5-4-6-8-15/h4-10,14,19H,3,11-13H2,1-2H3,(H,21,22). The zero-order valence-electron chi connectivity index (χ0n) is 14.7. The van der Waals surface area contributed by atoms with Crippen molar-refractivity contribution in [1.82, 2.24) is 5.32 Å². The Morgan fingerprint density at radius 2 is 1.96 bits per heavy atom. The lowest BCUT2D eigenvalue weighted by molar-refractivity contribution is 0.240. The predicted octanol–water partition coefficient (Wildman–Crippen LogP) is 3.09. The van der Waals surface area contributed by atoms with Crippen LogP contribution in [0.1, 0.15) is 12.5 Å². The zero-order chi connectivity index (χ0) is 17.5. The van der Waals surface area contributed by atoms with Crippen molar-refractivity contribution in [1.29, 1.82) is 0 Å². The van der Waals surface area contributed by atoms with Gasteiger partial charge < -0.3 is 19.5 Å². The van der Waals surface area contributed by atoms with Gasteiger partial charge in [0.25, 0.3) is 0 Å². The molecule has 3 rings (SSSR count). The molecule has 1 aliphatic heterocycles. The first-order valence-electron chi connectivity index (χ1n) is 8.59. The van der Waals surface area contributed by atoms with Crippen LogP contribution in [0.15, 0.2) is 53.5 Å². The zero-order valence-corrected chi connectivity index (χ0v) is 14.7. The normalized spacial score (nSPS) is 14.4. The summed E-state index contributed by atoms with van der Waals surface area (Å²) in [5.41, 5.74) is 1.20. The van der Waals surface area contributed by atoms with Gasteiger partial charge in [0.2, 0.25) is 0 Å². The fraction of sp³-hybridized carbons (Fsp3) is 0.350. The molecule has 0 bridgehead atoms. The van der Waals surface area contributed by atoms with Gasteiger partial charge in [-0.25, -0.2) is 0 Å². The van der Waals surface area contributed by atoms with E-state index in [1.807, 2.05) is 43.3 Å². The Bertz CT molecular complexity index is 716. The van der Waals surface area contributed by atoms with Crippen LogP contribution in [0.2, 0.25) is 0 Å². The van der Waals surface area contributed by atoms with Gasteiger partial charge in [0.1, 0.15) is 11.6 Å². The van der Waals surface area contributed by atoms with Gasteiger partial charge in [-0.3, -0.25) is 4.99 Å². The molecule has 2 aromatic carbocycles. The van der Waals surface area contributed by atoms with Gasteiger partial charge in [-0.2, -0.15) is 0 Å². The van der Waals surface area contributed by atoms with Crippen molar-refractivity contribution in [3.05, 3.63) is 54.1 Å². The second kappa shape index (κ2) is 8.42. The molecule has 1 aliphatic rings. The van der Waals surface area contributed by atoms with Crippen LogP contribution < -0.4 is 19.5 Å². The number of methoxy groups -OCH3 is 1. The highest BCUT2D eigenvalue weighted by Crippen LogP contribution is 2.33. The average Bonchev–Trinajstić information content (AvgIpc) is 3.18. The topological polar surface area (TPSA) is 52.1 Å². The Hall–Kier alpha value is -2.69. The molecule has 1 heterocycles. The maximum atomic E-state index is 6.33. The number of hydrogen-bond acceptors (Lipinski definition) is 5. The highest BCUT2D eigenvalue weighted by molar-refractivity contribution is 5.88. The number of hydrogen-bond donors (Lipinski definition) is 1. The fourth-order valence-corrected chi connectivity index (χ4v) is 2.79. The number of benzene rings is 2. The van der Waals surface area contributed by atoms with Crippen molar-refractivity contribution in [2.45, 2.75) is 19.4 Å². The second-order valence-electron chi connectivity index (χ2n) is 5.74. The van der Waals surface area contributed by atoms with Crippen LogP contribution in [-0.2, 0) is 6.42 Å². The maximum Gasteiger partial charge on any atom is 0.165 e. The van der Waals surface area contributed by atoms with Crippen molar-refractivity contribution in [2.24, 2.45) is 4.99 Å². The summed E-state index contributed by atoms with van der Waals surface area (Å²) < 4.78 is 17.4. The molecule has 1 N–H and O–H groups in total. The van der Waals surface area contributed by atoms with Crippen molar-refractivity contribution in [2.75, 3.05) is 26.8 Å². The van der Waals surface area contributed by atoms with E-state index in [4.69, 9.17) is 14.2 Å². The molecule has 0 spiro atoms. The van der Waals surface area contributed by atoms with Gasteiger partial charge in [-0.1, -0.05) is 30.3 Å². The number of ether oxygens (including phenoxy) is 3. The molecule has 1 unspecified atom stereocenters. The van der Waals surface area contributed by atoms with Crippen molar-refractivity contribution >= 4 is 5.84 Å². The van der Waals surface area contributed by atoms with Crippen LogP contribution >= 0.6 is 0 Å². The van der Waals surface area contributed by atoms with E-state index in [9.17, 15) is 0 Å². The molecule has 0 aliphatic carbocycles. The van der Waals surface area contributed by atoms with E-state index in [0.717, 1.165) is 31.1 Å². The third kappa shape index (κ3) is 4.44. The van der Waals surface area contributed by atoms with Gasteiger partial charge in [0.15, 0.2) is 17.6 Å². The van der Waals surface area contributed by atoms with Crippen molar-refractivity contribution in [3.63, 3.8) is 0 Å². The molecule has 5 heteroatoms. The lowest BCUT2D eigenvalue weighted by Gasteiger charge is -2.22. The number of nitrogens with zero attached hydrogens (tertiary/aromatic N) is 1. The molecule has 0 saturated carbocycles. The van der Waals surface area contributed by atoms with Gasteiger partial charge in [-0.05, 0) is 24.6 Å². The van der Waals surface area contributed by atoms with E-state index in [1.165, 1.54) is 5.56 Å². The summed E-state index contributed by atoms with van der Waals surface area (Å²) in [7, 11) is 1.64. The molecule has 0 radical (unpaired) electrons. The Balaban J connectivity index is 1.86. The summed E-state index contributed by atoms with van der Waals surface area (Å²) >= 11 is 0. The minimum atomic E-state index is -0.198. The van der Waals surface area contributed by atoms with Gasteiger partial charge >= 0.3 is 0 Å². The highest BCUT2D eigenvalue weighted by Gasteiger charge is 2.23. The number of nitrogens with one attached hydrogen (secondary N) is 1. The molecule has 0 amide bonds. The first-order valence-corrected chi connectivity index (χ1v) is 8.59. The van der Waals surface area contributed by atoms with E-state index in [-0.39, 0.29) is 6.10 Å². The minimum Gasteiger partial charge on any atom is -0.497 e. The summed E-state index contributed by atoms with van der Waals surface area (Å²) in [6, 6.07) is 15.9. The highest BCUT2D eigenvalue weighted by atomic mass is 16.5. The van der Waals surface area contributed by atoms with Gasteiger partial charge in [0.05, 0.1) is 20.3 Å². The molecule has 0 fully saturated rings. The lowest BCUT2D eigenvalue weighted by Crippen LogP contribution is -2.37. The van der Waals surface area contributed by atoms with Crippen LogP contribution in [0.25, 0.3) is 0 Å². The molecule has 2 aromatic rings. The summed E-state index contributed by atoms with van der Waals surface area (Å²) in [4.78, 5) is 4.56. The first kappa shape index (κ1) is 17.1. The Kier molecular flexibility index (Phi) is 5.77. The van der Waals surface area contributed by atoms with Crippen LogP contribution in [0.3, 0.4) is 0 Å². The van der Waals surface area contributed by atoms with Crippen LogP contribution in [0.5, 0.6) is 17.2 Å². The Morgan fingerprint density at radius 3 is 2.64 bits per heavy atom. The minimum absolute atomic E-state index is 0.198. The summed E-state index contributed by atoms with van der Waals surface area (Å²) in [5.74, 6) is 2.99. The lowest BCUT2D eigenvalue weighted by atomic mass is 10.1. The molecule has 0 aromatic heterocycles. The quantitative estimate of drug-likeness (QED) is 0.802. The van der Waals surface area contributed by atoms with E-state index in [1.54, 1.807) is 7.11 Å². The number of amidine groups is 1. The molecule has 0 saturated heterocycles. The fourth-order valence-electron chi connectivity index (χ4n) is 2.79. The van der Waals surface area contributed by atoms with E-state index < -0.39 is 0 Å². The van der Waals surface area contributed by atoms with Gasteiger partial charge in [-0.15, -0.1) is 0 Å². The Labute approximate surface area is 148 Å².